The van der Waals surface area contributed by atoms with E-state index in [0.29, 0.717) is 6.42 Å². The van der Waals surface area contributed by atoms with E-state index < -0.39 is 29.9 Å². The molecule has 0 aliphatic heterocycles. The molecular weight excluding hydrogens is 252 g/mol. The van der Waals surface area contributed by atoms with Gasteiger partial charge in [-0.3, -0.25) is 9.59 Å². The fraction of sp³-hybridized carbons (Fsp3) is 0.750. The van der Waals surface area contributed by atoms with Crippen molar-refractivity contribution in [1.29, 1.82) is 0 Å². The standard InChI is InChI=1S/C12H22N2O5/c1-3-4-5-8(13)11(16)14-9(12(17)18)6-7-10(15)19-2/h8-9H,3-7,13H2,1-2H3,(H,14,16)(H,17,18)/t8?,9-/m1/s1. The first-order valence-electron chi connectivity index (χ1n) is 6.27. The molecule has 0 bridgehead atoms. The number of nitrogens with one attached hydrogen (secondary N) is 1. The highest BCUT2D eigenvalue weighted by atomic mass is 16.5. The lowest BCUT2D eigenvalue weighted by Gasteiger charge is -2.17. The normalized spacial score (nSPS) is 13.4. The Morgan fingerprint density at radius 2 is 1.95 bits per heavy atom. The number of carboxylic acid groups (broad SMARTS) is 1. The van der Waals surface area contributed by atoms with Crippen molar-refractivity contribution in [2.24, 2.45) is 5.73 Å². The molecule has 0 spiro atoms. The maximum Gasteiger partial charge on any atom is 0.326 e. The lowest BCUT2D eigenvalue weighted by atomic mass is 10.1. The first kappa shape index (κ1) is 17.4. The van der Waals surface area contributed by atoms with Crippen LogP contribution in [0.15, 0.2) is 0 Å². The van der Waals surface area contributed by atoms with Crippen molar-refractivity contribution in [2.75, 3.05) is 7.11 Å². The summed E-state index contributed by atoms with van der Waals surface area (Å²) in [4.78, 5) is 33.6. The number of carbonyl (C=O) groups excluding carboxylic acids is 2. The van der Waals surface area contributed by atoms with E-state index in [1.807, 2.05) is 6.92 Å². The molecule has 19 heavy (non-hydrogen) atoms. The number of nitrogens with two attached hydrogens (primary N) is 1. The highest BCUT2D eigenvalue weighted by Gasteiger charge is 2.23. The Bertz CT molecular complexity index is 319. The van der Waals surface area contributed by atoms with E-state index >= 15 is 0 Å². The molecule has 0 aromatic heterocycles. The van der Waals surface area contributed by atoms with Gasteiger partial charge in [-0.15, -0.1) is 0 Å². The minimum atomic E-state index is -1.19. The van der Waals surface area contributed by atoms with Crippen molar-refractivity contribution in [3.05, 3.63) is 0 Å². The predicted octanol–water partition coefficient (Wildman–Crippen LogP) is 0.0265. The Kier molecular flexibility index (Phi) is 8.52. The van der Waals surface area contributed by atoms with E-state index in [2.05, 4.69) is 10.1 Å². The largest absolute Gasteiger partial charge is 0.480 e. The van der Waals surface area contributed by atoms with Gasteiger partial charge in [0, 0.05) is 6.42 Å². The zero-order chi connectivity index (χ0) is 14.8. The number of methoxy groups -OCH3 is 1. The summed E-state index contributed by atoms with van der Waals surface area (Å²) in [6.07, 6.45) is 2.12. The molecule has 0 aromatic carbocycles. The number of rotatable bonds is 9. The summed E-state index contributed by atoms with van der Waals surface area (Å²) in [5.74, 6) is -2.22. The van der Waals surface area contributed by atoms with Crippen LogP contribution in [0.2, 0.25) is 0 Å². The fourth-order valence-electron chi connectivity index (χ4n) is 1.46. The third-order valence-electron chi connectivity index (χ3n) is 2.68. The van der Waals surface area contributed by atoms with Gasteiger partial charge >= 0.3 is 11.9 Å². The lowest BCUT2D eigenvalue weighted by Crippen LogP contribution is -2.48. The van der Waals surface area contributed by atoms with Crippen LogP contribution in [-0.2, 0) is 19.1 Å². The van der Waals surface area contributed by atoms with Crippen molar-refractivity contribution < 1.29 is 24.2 Å². The molecule has 0 saturated heterocycles. The lowest BCUT2D eigenvalue weighted by molar-refractivity contribution is -0.144. The molecule has 0 radical (unpaired) electrons. The van der Waals surface area contributed by atoms with Gasteiger partial charge in [0.15, 0.2) is 0 Å². The number of unbranched alkanes of at least 4 members (excludes halogenated alkanes) is 1. The minimum absolute atomic E-state index is 0.0196. The zero-order valence-corrected chi connectivity index (χ0v) is 11.3. The summed E-state index contributed by atoms with van der Waals surface area (Å²) in [6, 6.07) is -1.85. The average molecular weight is 274 g/mol. The molecule has 7 nitrogen and oxygen atoms in total. The second-order valence-corrected chi connectivity index (χ2v) is 4.26. The van der Waals surface area contributed by atoms with Gasteiger partial charge in [0.05, 0.1) is 13.2 Å². The molecule has 2 atom stereocenters. The summed E-state index contributed by atoms with van der Waals surface area (Å²) in [5.41, 5.74) is 5.64. The summed E-state index contributed by atoms with van der Waals surface area (Å²) in [7, 11) is 1.22. The molecular formula is C12H22N2O5. The molecule has 0 heterocycles. The molecule has 4 N–H and O–H groups in total. The molecule has 7 heteroatoms. The number of hydrogen-bond acceptors (Lipinski definition) is 5. The van der Waals surface area contributed by atoms with E-state index in [0.717, 1.165) is 12.8 Å². The van der Waals surface area contributed by atoms with Crippen molar-refractivity contribution in [3.8, 4) is 0 Å². The fourth-order valence-corrected chi connectivity index (χ4v) is 1.46. The van der Waals surface area contributed by atoms with Crippen LogP contribution >= 0.6 is 0 Å². The van der Waals surface area contributed by atoms with Gasteiger partial charge in [0.2, 0.25) is 5.91 Å². The van der Waals surface area contributed by atoms with Gasteiger partial charge in [0.25, 0.3) is 0 Å². The predicted molar refractivity (Wildman–Crippen MR) is 68.3 cm³/mol. The van der Waals surface area contributed by atoms with Crippen LogP contribution in [-0.4, -0.2) is 42.1 Å². The van der Waals surface area contributed by atoms with Crippen molar-refractivity contribution >= 4 is 17.8 Å². The van der Waals surface area contributed by atoms with Gasteiger partial charge in [-0.05, 0) is 12.8 Å². The van der Waals surface area contributed by atoms with Crippen LogP contribution in [0.1, 0.15) is 39.0 Å². The molecule has 0 rings (SSSR count). The number of esters is 1. The summed E-state index contributed by atoms with van der Waals surface area (Å²) < 4.78 is 4.42. The van der Waals surface area contributed by atoms with E-state index in [9.17, 15) is 14.4 Å². The maximum absolute atomic E-state index is 11.7. The summed E-state index contributed by atoms with van der Waals surface area (Å²) in [5, 5.41) is 11.3. The van der Waals surface area contributed by atoms with E-state index in [4.69, 9.17) is 10.8 Å². The topological polar surface area (TPSA) is 119 Å². The van der Waals surface area contributed by atoms with Gasteiger partial charge in [-0.2, -0.15) is 0 Å². The highest BCUT2D eigenvalue weighted by molar-refractivity contribution is 5.87. The van der Waals surface area contributed by atoms with Crippen LogP contribution in [0.25, 0.3) is 0 Å². The molecule has 1 amide bonds. The van der Waals surface area contributed by atoms with Crippen LogP contribution in [0, 0.1) is 0 Å². The first-order valence-corrected chi connectivity index (χ1v) is 6.27. The highest BCUT2D eigenvalue weighted by Crippen LogP contribution is 2.02. The Morgan fingerprint density at radius 1 is 1.32 bits per heavy atom. The van der Waals surface area contributed by atoms with Crippen molar-refractivity contribution in [3.63, 3.8) is 0 Å². The van der Waals surface area contributed by atoms with Crippen LogP contribution in [0.4, 0.5) is 0 Å². The minimum Gasteiger partial charge on any atom is -0.480 e. The average Bonchev–Trinajstić information content (AvgIpc) is 2.39. The zero-order valence-electron chi connectivity index (χ0n) is 11.3. The summed E-state index contributed by atoms with van der Waals surface area (Å²) >= 11 is 0. The maximum atomic E-state index is 11.7. The van der Waals surface area contributed by atoms with Crippen LogP contribution in [0.5, 0.6) is 0 Å². The Hall–Kier alpha value is -1.63. The second kappa shape index (κ2) is 9.32. The van der Waals surface area contributed by atoms with Gasteiger partial charge in [-0.25, -0.2) is 4.79 Å². The molecule has 0 saturated carbocycles. The van der Waals surface area contributed by atoms with E-state index in [-0.39, 0.29) is 12.8 Å². The Balaban J connectivity index is 4.29. The molecule has 0 aromatic rings. The van der Waals surface area contributed by atoms with Crippen LogP contribution in [0.3, 0.4) is 0 Å². The number of aliphatic carboxylic acids is 1. The third kappa shape index (κ3) is 7.40. The molecule has 0 aliphatic carbocycles. The molecule has 0 fully saturated rings. The van der Waals surface area contributed by atoms with Gasteiger partial charge < -0.3 is 20.9 Å². The Labute approximate surface area is 112 Å². The number of carboxylic acids is 1. The Morgan fingerprint density at radius 3 is 2.42 bits per heavy atom. The van der Waals surface area contributed by atoms with Crippen LogP contribution < -0.4 is 11.1 Å². The number of hydrogen-bond donors (Lipinski definition) is 3. The monoisotopic (exact) mass is 274 g/mol. The molecule has 1 unspecified atom stereocenters. The van der Waals surface area contributed by atoms with Crippen molar-refractivity contribution in [1.82, 2.24) is 5.32 Å². The first-order chi connectivity index (χ1) is 8.92. The van der Waals surface area contributed by atoms with E-state index in [1.165, 1.54) is 7.11 Å². The third-order valence-corrected chi connectivity index (χ3v) is 2.68. The molecule has 0 aliphatic rings. The van der Waals surface area contributed by atoms with Gasteiger partial charge in [-0.1, -0.05) is 19.8 Å². The van der Waals surface area contributed by atoms with Gasteiger partial charge in [0.1, 0.15) is 6.04 Å². The number of amides is 1. The number of carbonyl (C=O) groups is 3. The quantitative estimate of drug-likeness (QED) is 0.510. The number of ether oxygens (including phenoxy) is 1. The van der Waals surface area contributed by atoms with E-state index in [1.54, 1.807) is 0 Å². The smallest absolute Gasteiger partial charge is 0.326 e. The molecule has 110 valence electrons. The van der Waals surface area contributed by atoms with Crippen molar-refractivity contribution in [2.45, 2.75) is 51.1 Å². The summed E-state index contributed by atoms with van der Waals surface area (Å²) in [6.45, 7) is 1.97. The SMILES string of the molecule is CCCCC(N)C(=O)N[C@H](CCC(=O)OC)C(=O)O. The second-order valence-electron chi connectivity index (χ2n) is 4.26.